The van der Waals surface area contributed by atoms with E-state index in [0.29, 0.717) is 6.54 Å². The lowest BCUT2D eigenvalue weighted by Crippen LogP contribution is -2.23. The number of carbonyl (C=O) groups excluding carboxylic acids is 1. The molecule has 0 bridgehead atoms. The van der Waals surface area contributed by atoms with Crippen LogP contribution < -0.4 is 5.32 Å². The van der Waals surface area contributed by atoms with Crippen molar-refractivity contribution in [3.63, 3.8) is 0 Å². The van der Waals surface area contributed by atoms with Crippen molar-refractivity contribution in [1.29, 1.82) is 0 Å². The third kappa shape index (κ3) is 3.31. The van der Waals surface area contributed by atoms with Crippen molar-refractivity contribution in [2.45, 2.75) is 13.5 Å². The third-order valence-electron chi connectivity index (χ3n) is 2.85. The first kappa shape index (κ1) is 13.1. The van der Waals surface area contributed by atoms with Gasteiger partial charge in [-0.3, -0.25) is 4.79 Å². The zero-order chi connectivity index (χ0) is 13.8. The summed E-state index contributed by atoms with van der Waals surface area (Å²) in [5, 5.41) is 11.9. The second-order valence-corrected chi connectivity index (χ2v) is 4.31. The molecule has 0 fully saturated rings. The smallest absolute Gasteiger partial charge is 0.251 e. The molecule has 19 heavy (non-hydrogen) atoms. The van der Waals surface area contributed by atoms with Crippen molar-refractivity contribution < 1.29 is 14.3 Å². The second-order valence-electron chi connectivity index (χ2n) is 4.31. The third-order valence-corrected chi connectivity index (χ3v) is 2.85. The molecular formula is C15H14FNO2. The molecule has 0 unspecified atom stereocenters. The average Bonchev–Trinajstić information content (AvgIpc) is 2.36. The number of nitrogens with one attached hydrogen (secondary N) is 1. The van der Waals surface area contributed by atoms with Crippen LogP contribution in [0.3, 0.4) is 0 Å². The van der Waals surface area contributed by atoms with E-state index in [0.717, 1.165) is 23.3 Å². The maximum absolute atomic E-state index is 13.1. The molecule has 2 rings (SSSR count). The SMILES string of the molecule is Cc1ccccc1CNC(=O)c1cc(O)cc(F)c1. The van der Waals surface area contributed by atoms with Crippen molar-refractivity contribution in [3.8, 4) is 5.75 Å². The number of amides is 1. The minimum Gasteiger partial charge on any atom is -0.508 e. The number of aryl methyl sites for hydroxylation is 1. The van der Waals surface area contributed by atoms with Crippen LogP contribution in [-0.2, 0) is 6.54 Å². The number of hydrogen-bond acceptors (Lipinski definition) is 2. The molecular weight excluding hydrogens is 245 g/mol. The van der Waals surface area contributed by atoms with Gasteiger partial charge in [0.05, 0.1) is 0 Å². The quantitative estimate of drug-likeness (QED) is 0.890. The van der Waals surface area contributed by atoms with Crippen molar-refractivity contribution in [3.05, 3.63) is 65.0 Å². The summed E-state index contributed by atoms with van der Waals surface area (Å²) in [5.74, 6) is -1.32. The normalized spacial score (nSPS) is 10.2. The fraction of sp³-hybridized carbons (Fsp3) is 0.133. The lowest BCUT2D eigenvalue weighted by molar-refractivity contribution is 0.0950. The molecule has 0 heterocycles. The molecule has 98 valence electrons. The van der Waals surface area contributed by atoms with Gasteiger partial charge in [-0.15, -0.1) is 0 Å². The number of phenolic OH excluding ortho intramolecular Hbond substituents is 1. The standard InChI is InChI=1S/C15H14FNO2/c1-10-4-2-3-5-11(10)9-17-15(19)12-6-13(16)8-14(18)7-12/h2-8,18H,9H2,1H3,(H,17,19). The molecule has 4 heteroatoms. The summed E-state index contributed by atoms with van der Waals surface area (Å²) in [6, 6.07) is 11.0. The van der Waals surface area contributed by atoms with Crippen LogP contribution in [0, 0.1) is 12.7 Å². The highest BCUT2D eigenvalue weighted by atomic mass is 19.1. The fourth-order valence-corrected chi connectivity index (χ4v) is 1.79. The molecule has 0 saturated carbocycles. The van der Waals surface area contributed by atoms with Gasteiger partial charge in [0.2, 0.25) is 0 Å². The van der Waals surface area contributed by atoms with Crippen LogP contribution in [0.1, 0.15) is 21.5 Å². The summed E-state index contributed by atoms with van der Waals surface area (Å²) in [6.07, 6.45) is 0. The van der Waals surface area contributed by atoms with Gasteiger partial charge in [-0.25, -0.2) is 4.39 Å². The number of hydrogen-bond donors (Lipinski definition) is 2. The highest BCUT2D eigenvalue weighted by Crippen LogP contribution is 2.14. The molecule has 1 amide bonds. The summed E-state index contributed by atoms with van der Waals surface area (Å²) in [5.41, 5.74) is 2.17. The Hall–Kier alpha value is -2.36. The first-order valence-corrected chi connectivity index (χ1v) is 5.88. The number of halogens is 1. The van der Waals surface area contributed by atoms with E-state index in [9.17, 15) is 14.3 Å². The predicted molar refractivity (Wildman–Crippen MR) is 70.4 cm³/mol. The number of carbonyl (C=O) groups is 1. The first-order chi connectivity index (χ1) is 9.06. The van der Waals surface area contributed by atoms with Crippen molar-refractivity contribution in [2.75, 3.05) is 0 Å². The Morgan fingerprint density at radius 2 is 2.00 bits per heavy atom. The van der Waals surface area contributed by atoms with Gasteiger partial charge in [0.25, 0.3) is 5.91 Å². The average molecular weight is 259 g/mol. The predicted octanol–water partition coefficient (Wildman–Crippen LogP) is 2.77. The molecule has 0 aliphatic carbocycles. The Balaban J connectivity index is 2.08. The summed E-state index contributed by atoms with van der Waals surface area (Å²) >= 11 is 0. The number of benzene rings is 2. The van der Waals surface area contributed by atoms with E-state index < -0.39 is 11.7 Å². The summed E-state index contributed by atoms with van der Waals surface area (Å²) in [6.45, 7) is 2.32. The number of phenols is 1. The number of rotatable bonds is 3. The largest absolute Gasteiger partial charge is 0.508 e. The summed E-state index contributed by atoms with van der Waals surface area (Å²) in [7, 11) is 0. The molecule has 2 aromatic carbocycles. The van der Waals surface area contributed by atoms with Gasteiger partial charge in [0.15, 0.2) is 0 Å². The zero-order valence-electron chi connectivity index (χ0n) is 10.5. The van der Waals surface area contributed by atoms with Crippen LogP contribution in [0.25, 0.3) is 0 Å². The molecule has 0 radical (unpaired) electrons. The van der Waals surface area contributed by atoms with Gasteiger partial charge in [-0.05, 0) is 30.2 Å². The summed E-state index contributed by atoms with van der Waals surface area (Å²) in [4.78, 5) is 11.8. The van der Waals surface area contributed by atoms with E-state index in [1.807, 2.05) is 31.2 Å². The zero-order valence-corrected chi connectivity index (χ0v) is 10.5. The molecule has 2 aromatic rings. The van der Waals surface area contributed by atoms with Crippen LogP contribution in [0.15, 0.2) is 42.5 Å². The van der Waals surface area contributed by atoms with Gasteiger partial charge in [0, 0.05) is 18.2 Å². The minimum absolute atomic E-state index is 0.103. The Labute approximate surface area is 110 Å². The monoisotopic (exact) mass is 259 g/mol. The Bertz CT molecular complexity index is 591. The van der Waals surface area contributed by atoms with Crippen LogP contribution >= 0.6 is 0 Å². The van der Waals surface area contributed by atoms with Crippen LogP contribution in [0.5, 0.6) is 5.75 Å². The summed E-state index contributed by atoms with van der Waals surface area (Å²) < 4.78 is 13.1. The highest BCUT2D eigenvalue weighted by Gasteiger charge is 2.09. The van der Waals surface area contributed by atoms with Crippen molar-refractivity contribution in [2.24, 2.45) is 0 Å². The van der Waals surface area contributed by atoms with E-state index in [1.165, 1.54) is 6.07 Å². The topological polar surface area (TPSA) is 49.3 Å². The molecule has 2 N–H and O–H groups in total. The Morgan fingerprint density at radius 3 is 2.68 bits per heavy atom. The van der Waals surface area contributed by atoms with Gasteiger partial charge in [-0.2, -0.15) is 0 Å². The van der Waals surface area contributed by atoms with Gasteiger partial charge in [0.1, 0.15) is 11.6 Å². The molecule has 0 aromatic heterocycles. The van der Waals surface area contributed by atoms with E-state index in [1.54, 1.807) is 0 Å². The van der Waals surface area contributed by atoms with Gasteiger partial charge >= 0.3 is 0 Å². The molecule has 0 spiro atoms. The molecule has 0 aliphatic rings. The second kappa shape index (κ2) is 5.52. The van der Waals surface area contributed by atoms with Gasteiger partial charge < -0.3 is 10.4 Å². The van der Waals surface area contributed by atoms with Crippen molar-refractivity contribution >= 4 is 5.91 Å². The van der Waals surface area contributed by atoms with E-state index in [-0.39, 0.29) is 11.3 Å². The van der Waals surface area contributed by atoms with E-state index in [2.05, 4.69) is 5.32 Å². The van der Waals surface area contributed by atoms with E-state index >= 15 is 0 Å². The molecule has 0 atom stereocenters. The fourth-order valence-electron chi connectivity index (χ4n) is 1.79. The molecule has 0 saturated heterocycles. The minimum atomic E-state index is -0.638. The highest BCUT2D eigenvalue weighted by molar-refractivity contribution is 5.94. The lowest BCUT2D eigenvalue weighted by atomic mass is 10.1. The lowest BCUT2D eigenvalue weighted by Gasteiger charge is -2.08. The first-order valence-electron chi connectivity index (χ1n) is 5.88. The maximum atomic E-state index is 13.1. The Morgan fingerprint density at radius 1 is 1.26 bits per heavy atom. The maximum Gasteiger partial charge on any atom is 0.251 e. The van der Waals surface area contributed by atoms with Crippen LogP contribution in [0.2, 0.25) is 0 Å². The molecule has 0 aliphatic heterocycles. The molecule has 3 nitrogen and oxygen atoms in total. The van der Waals surface area contributed by atoms with Crippen molar-refractivity contribution in [1.82, 2.24) is 5.32 Å². The number of aromatic hydroxyl groups is 1. The van der Waals surface area contributed by atoms with Gasteiger partial charge in [-0.1, -0.05) is 24.3 Å². The van der Waals surface area contributed by atoms with Crippen LogP contribution in [0.4, 0.5) is 4.39 Å². The van der Waals surface area contributed by atoms with Crippen LogP contribution in [-0.4, -0.2) is 11.0 Å². The Kier molecular flexibility index (Phi) is 3.80. The van der Waals surface area contributed by atoms with E-state index in [4.69, 9.17) is 0 Å².